The van der Waals surface area contributed by atoms with Crippen LogP contribution in [0.15, 0.2) is 48.5 Å². The normalized spacial score (nSPS) is 14.5. The quantitative estimate of drug-likeness (QED) is 0.797. The molecular weight excluding hydrogens is 334 g/mol. The van der Waals surface area contributed by atoms with Crippen molar-refractivity contribution < 1.29 is 24.5 Å². The molecule has 0 aromatic heterocycles. The Balaban J connectivity index is 1.80. The first-order valence-electron chi connectivity index (χ1n) is 8.52. The number of carbonyl (C=O) groups excluding carboxylic acids is 1. The second-order valence-electron chi connectivity index (χ2n) is 6.41. The van der Waals surface area contributed by atoms with E-state index >= 15 is 0 Å². The summed E-state index contributed by atoms with van der Waals surface area (Å²) in [5, 5.41) is 19.4. The standard InChI is InChI=1S/C20H21NO5/c1-13(20(24)25)21(15-7-8-15)19(23)17-11-16(9-10-18(17)22)26-12-14-5-3-2-4-6-14/h2-6,9-11,13,15,22H,7-8,12H2,1H3,(H,24,25). The molecule has 6 nitrogen and oxygen atoms in total. The van der Waals surface area contributed by atoms with Gasteiger partial charge in [-0.15, -0.1) is 0 Å². The van der Waals surface area contributed by atoms with Crippen LogP contribution in [0.3, 0.4) is 0 Å². The Morgan fingerprint density at radius 3 is 2.50 bits per heavy atom. The van der Waals surface area contributed by atoms with E-state index in [1.807, 2.05) is 30.3 Å². The molecule has 1 saturated carbocycles. The van der Waals surface area contributed by atoms with E-state index in [9.17, 15) is 19.8 Å². The smallest absolute Gasteiger partial charge is 0.326 e. The van der Waals surface area contributed by atoms with Crippen molar-refractivity contribution >= 4 is 11.9 Å². The fourth-order valence-electron chi connectivity index (χ4n) is 2.79. The van der Waals surface area contributed by atoms with Gasteiger partial charge in [0, 0.05) is 6.04 Å². The first-order chi connectivity index (χ1) is 12.5. The first-order valence-corrected chi connectivity index (χ1v) is 8.52. The summed E-state index contributed by atoms with van der Waals surface area (Å²) in [6.45, 7) is 1.81. The predicted octanol–water partition coefficient (Wildman–Crippen LogP) is 3.05. The van der Waals surface area contributed by atoms with Gasteiger partial charge in [-0.3, -0.25) is 4.79 Å². The molecule has 0 spiro atoms. The van der Waals surface area contributed by atoms with E-state index in [1.165, 1.54) is 24.0 Å². The lowest BCUT2D eigenvalue weighted by Gasteiger charge is -2.27. The highest BCUT2D eigenvalue weighted by Crippen LogP contribution is 2.33. The van der Waals surface area contributed by atoms with Crippen LogP contribution in [0, 0.1) is 0 Å². The zero-order valence-corrected chi connectivity index (χ0v) is 14.5. The van der Waals surface area contributed by atoms with Gasteiger partial charge in [0.2, 0.25) is 0 Å². The van der Waals surface area contributed by atoms with E-state index in [0.29, 0.717) is 12.4 Å². The lowest BCUT2D eigenvalue weighted by molar-refractivity contribution is -0.141. The Kier molecular flexibility index (Phi) is 5.11. The summed E-state index contributed by atoms with van der Waals surface area (Å²) in [4.78, 5) is 25.5. The summed E-state index contributed by atoms with van der Waals surface area (Å²) in [5.41, 5.74) is 1.03. The molecule has 3 rings (SSSR count). The van der Waals surface area contributed by atoms with Crippen LogP contribution >= 0.6 is 0 Å². The molecule has 2 aromatic rings. The maximum atomic E-state index is 12.9. The number of nitrogens with zero attached hydrogens (tertiary/aromatic N) is 1. The van der Waals surface area contributed by atoms with Crippen LogP contribution in [-0.4, -0.2) is 39.1 Å². The molecule has 2 N–H and O–H groups in total. The second kappa shape index (κ2) is 7.47. The second-order valence-corrected chi connectivity index (χ2v) is 6.41. The zero-order valence-electron chi connectivity index (χ0n) is 14.5. The predicted molar refractivity (Wildman–Crippen MR) is 95.2 cm³/mol. The van der Waals surface area contributed by atoms with Crippen molar-refractivity contribution in [2.45, 2.75) is 38.5 Å². The first kappa shape index (κ1) is 17.8. The van der Waals surface area contributed by atoms with E-state index in [-0.39, 0.29) is 17.4 Å². The third-order valence-corrected chi connectivity index (χ3v) is 4.40. The van der Waals surface area contributed by atoms with Crippen molar-refractivity contribution in [2.75, 3.05) is 0 Å². The highest BCUT2D eigenvalue weighted by molar-refractivity contribution is 5.99. The Morgan fingerprint density at radius 1 is 1.19 bits per heavy atom. The number of hydrogen-bond acceptors (Lipinski definition) is 4. The Morgan fingerprint density at radius 2 is 1.88 bits per heavy atom. The van der Waals surface area contributed by atoms with Crippen LogP contribution in [0.5, 0.6) is 11.5 Å². The number of phenols is 1. The molecule has 6 heteroatoms. The molecule has 136 valence electrons. The number of hydrogen-bond donors (Lipinski definition) is 2. The summed E-state index contributed by atoms with van der Waals surface area (Å²) in [6, 6.07) is 13.0. The van der Waals surface area contributed by atoms with Gasteiger partial charge in [0.15, 0.2) is 0 Å². The lowest BCUT2D eigenvalue weighted by atomic mass is 10.1. The Hall–Kier alpha value is -3.02. The summed E-state index contributed by atoms with van der Waals surface area (Å²) < 4.78 is 5.70. The molecule has 1 fully saturated rings. The largest absolute Gasteiger partial charge is 0.507 e. The van der Waals surface area contributed by atoms with Crippen LogP contribution in [-0.2, 0) is 11.4 Å². The number of phenolic OH excluding ortho intramolecular Hbond substituents is 1. The van der Waals surface area contributed by atoms with Crippen LogP contribution < -0.4 is 4.74 Å². The van der Waals surface area contributed by atoms with Gasteiger partial charge in [0.25, 0.3) is 5.91 Å². The molecule has 26 heavy (non-hydrogen) atoms. The number of ether oxygens (including phenoxy) is 1. The fraction of sp³-hybridized carbons (Fsp3) is 0.300. The third kappa shape index (κ3) is 3.96. The average Bonchev–Trinajstić information content (AvgIpc) is 3.46. The number of benzene rings is 2. The van der Waals surface area contributed by atoms with Gasteiger partial charge in [-0.25, -0.2) is 4.79 Å². The number of carboxylic acids is 1. The molecule has 2 aromatic carbocycles. The van der Waals surface area contributed by atoms with Gasteiger partial charge >= 0.3 is 5.97 Å². The van der Waals surface area contributed by atoms with Crippen LogP contribution in [0.2, 0.25) is 0 Å². The SMILES string of the molecule is CC(C(=O)O)N(C(=O)c1cc(OCc2ccccc2)ccc1O)C1CC1. The molecule has 1 atom stereocenters. The number of aliphatic carboxylic acids is 1. The summed E-state index contributed by atoms with van der Waals surface area (Å²) in [5.74, 6) is -1.31. The maximum Gasteiger partial charge on any atom is 0.326 e. The third-order valence-electron chi connectivity index (χ3n) is 4.40. The summed E-state index contributed by atoms with van der Waals surface area (Å²) in [7, 11) is 0. The molecule has 0 radical (unpaired) electrons. The average molecular weight is 355 g/mol. The van der Waals surface area contributed by atoms with Gasteiger partial charge in [-0.05, 0) is 43.5 Å². The lowest BCUT2D eigenvalue weighted by Crippen LogP contribution is -2.44. The van der Waals surface area contributed by atoms with Gasteiger partial charge in [0.05, 0.1) is 5.56 Å². The van der Waals surface area contributed by atoms with Crippen molar-refractivity contribution in [3.8, 4) is 11.5 Å². The number of carbonyl (C=O) groups is 2. The van der Waals surface area contributed by atoms with Gasteiger partial charge in [-0.1, -0.05) is 30.3 Å². The topological polar surface area (TPSA) is 87.1 Å². The molecule has 0 aliphatic heterocycles. The van der Waals surface area contributed by atoms with Crippen LogP contribution in [0.25, 0.3) is 0 Å². The monoisotopic (exact) mass is 355 g/mol. The molecule has 0 heterocycles. The molecule has 1 amide bonds. The molecule has 1 aliphatic carbocycles. The highest BCUT2D eigenvalue weighted by Gasteiger charge is 2.39. The Labute approximate surface area is 151 Å². The zero-order chi connectivity index (χ0) is 18.7. The number of amides is 1. The molecule has 1 unspecified atom stereocenters. The van der Waals surface area contributed by atoms with Gasteiger partial charge in [0.1, 0.15) is 24.1 Å². The molecular formula is C20H21NO5. The van der Waals surface area contributed by atoms with E-state index in [1.54, 1.807) is 6.07 Å². The van der Waals surface area contributed by atoms with Gasteiger partial charge in [-0.2, -0.15) is 0 Å². The summed E-state index contributed by atoms with van der Waals surface area (Å²) in [6.07, 6.45) is 1.54. The van der Waals surface area contributed by atoms with Crippen molar-refractivity contribution in [3.63, 3.8) is 0 Å². The number of carboxylic acid groups (broad SMARTS) is 1. The molecule has 1 aliphatic rings. The number of aromatic hydroxyl groups is 1. The minimum atomic E-state index is -1.07. The molecule has 0 bridgehead atoms. The fourth-order valence-corrected chi connectivity index (χ4v) is 2.79. The van der Waals surface area contributed by atoms with Crippen LogP contribution in [0.4, 0.5) is 0 Å². The van der Waals surface area contributed by atoms with Crippen molar-refractivity contribution in [1.82, 2.24) is 4.90 Å². The number of rotatable bonds is 7. The maximum absolute atomic E-state index is 12.9. The van der Waals surface area contributed by atoms with E-state index in [4.69, 9.17) is 4.74 Å². The summed E-state index contributed by atoms with van der Waals surface area (Å²) >= 11 is 0. The van der Waals surface area contributed by atoms with Crippen molar-refractivity contribution in [3.05, 3.63) is 59.7 Å². The minimum absolute atomic E-state index is 0.0514. The van der Waals surface area contributed by atoms with E-state index in [2.05, 4.69) is 0 Å². The molecule has 0 saturated heterocycles. The highest BCUT2D eigenvalue weighted by atomic mass is 16.5. The van der Waals surface area contributed by atoms with Crippen molar-refractivity contribution in [2.24, 2.45) is 0 Å². The van der Waals surface area contributed by atoms with Gasteiger partial charge < -0.3 is 19.8 Å². The van der Waals surface area contributed by atoms with Crippen LogP contribution in [0.1, 0.15) is 35.7 Å². The van der Waals surface area contributed by atoms with Crippen molar-refractivity contribution in [1.29, 1.82) is 0 Å². The minimum Gasteiger partial charge on any atom is -0.507 e. The van der Waals surface area contributed by atoms with E-state index < -0.39 is 17.9 Å². The Bertz CT molecular complexity index is 801. The van der Waals surface area contributed by atoms with E-state index in [0.717, 1.165) is 18.4 Å².